The normalized spacial score (nSPS) is 10.3. The number of nitrogen functional groups attached to an aromatic ring is 1. The van der Waals surface area contributed by atoms with Gasteiger partial charge in [-0.2, -0.15) is 11.3 Å². The molecular weight excluding hydrogens is 272 g/mol. The molecule has 2 N–H and O–H groups in total. The molecule has 0 spiro atoms. The number of carbonyl (C=O) groups is 1. The number of nitrogens with zero attached hydrogens (tertiary/aromatic N) is 1. The van der Waals surface area contributed by atoms with Crippen LogP contribution in [0.5, 0.6) is 0 Å². The third kappa shape index (κ3) is 2.93. The minimum atomic E-state index is -0.406. The van der Waals surface area contributed by atoms with Crippen LogP contribution in [0.15, 0.2) is 29.0 Å². The molecule has 0 aliphatic rings. The molecule has 0 aliphatic heterocycles. The summed E-state index contributed by atoms with van der Waals surface area (Å²) in [5.41, 5.74) is 9.90. The Labute approximate surface area is 122 Å². The van der Waals surface area contributed by atoms with Gasteiger partial charge in [0, 0.05) is 25.0 Å². The van der Waals surface area contributed by atoms with E-state index < -0.39 is 5.97 Å². The molecule has 2 aromatic rings. The molecule has 0 unspecified atom stereocenters. The quantitative estimate of drug-likeness (QED) is 0.694. The highest BCUT2D eigenvalue weighted by atomic mass is 32.1. The molecule has 4 nitrogen and oxygen atoms in total. The van der Waals surface area contributed by atoms with Crippen molar-refractivity contribution in [2.24, 2.45) is 0 Å². The van der Waals surface area contributed by atoms with Gasteiger partial charge in [-0.05, 0) is 47.0 Å². The zero-order valence-corrected chi connectivity index (χ0v) is 12.7. The lowest BCUT2D eigenvalue weighted by molar-refractivity contribution is 0.0602. The third-order valence-electron chi connectivity index (χ3n) is 3.22. The van der Waals surface area contributed by atoms with Crippen LogP contribution in [0.25, 0.3) is 0 Å². The van der Waals surface area contributed by atoms with E-state index in [0.29, 0.717) is 11.3 Å². The molecule has 20 heavy (non-hydrogen) atoms. The summed E-state index contributed by atoms with van der Waals surface area (Å²) < 4.78 is 4.78. The van der Waals surface area contributed by atoms with Crippen LogP contribution in [0.2, 0.25) is 0 Å². The number of hydrogen-bond donors (Lipinski definition) is 1. The number of carbonyl (C=O) groups excluding carboxylic acids is 1. The number of nitrogens with two attached hydrogens (primary N) is 1. The van der Waals surface area contributed by atoms with Crippen molar-refractivity contribution in [1.29, 1.82) is 0 Å². The Morgan fingerprint density at radius 3 is 2.80 bits per heavy atom. The van der Waals surface area contributed by atoms with Crippen LogP contribution in [0.4, 0.5) is 11.4 Å². The van der Waals surface area contributed by atoms with Crippen molar-refractivity contribution in [3.05, 3.63) is 45.6 Å². The first-order valence-electron chi connectivity index (χ1n) is 6.23. The minimum Gasteiger partial charge on any atom is -0.465 e. The van der Waals surface area contributed by atoms with Gasteiger partial charge in [-0.25, -0.2) is 4.79 Å². The molecule has 0 atom stereocenters. The third-order valence-corrected chi connectivity index (χ3v) is 3.95. The molecular formula is C15H18N2O2S. The number of aryl methyl sites for hydroxylation is 1. The van der Waals surface area contributed by atoms with Gasteiger partial charge in [-0.3, -0.25) is 0 Å². The average molecular weight is 290 g/mol. The van der Waals surface area contributed by atoms with Crippen molar-refractivity contribution >= 4 is 28.7 Å². The smallest absolute Gasteiger partial charge is 0.340 e. The fourth-order valence-electron chi connectivity index (χ4n) is 2.03. The fraction of sp³-hybridized carbons (Fsp3) is 0.267. The molecule has 106 valence electrons. The standard InChI is InChI=1S/C15H18N2O2S/c1-10-6-12(7-13(14(10)16)15(18)19-3)17(2)8-11-4-5-20-9-11/h4-7,9H,8,16H2,1-3H3. The van der Waals surface area contributed by atoms with E-state index >= 15 is 0 Å². The van der Waals surface area contributed by atoms with E-state index in [2.05, 4.69) is 21.7 Å². The van der Waals surface area contributed by atoms with Crippen molar-refractivity contribution < 1.29 is 9.53 Å². The Balaban J connectivity index is 2.32. The summed E-state index contributed by atoms with van der Waals surface area (Å²) in [4.78, 5) is 13.8. The number of methoxy groups -OCH3 is 1. The number of anilines is 2. The van der Waals surface area contributed by atoms with Gasteiger partial charge in [-0.1, -0.05) is 0 Å². The summed E-state index contributed by atoms with van der Waals surface area (Å²) in [5, 5.41) is 4.17. The molecule has 0 saturated carbocycles. The van der Waals surface area contributed by atoms with Gasteiger partial charge in [0.1, 0.15) is 0 Å². The highest BCUT2D eigenvalue weighted by Crippen LogP contribution is 2.26. The molecule has 0 radical (unpaired) electrons. The summed E-state index contributed by atoms with van der Waals surface area (Å²) in [6.07, 6.45) is 0. The maximum Gasteiger partial charge on any atom is 0.340 e. The van der Waals surface area contributed by atoms with Crippen molar-refractivity contribution in [3.8, 4) is 0 Å². The van der Waals surface area contributed by atoms with Crippen molar-refractivity contribution in [2.75, 3.05) is 24.8 Å². The van der Waals surface area contributed by atoms with Crippen LogP contribution >= 0.6 is 11.3 Å². The Bertz CT molecular complexity index is 609. The minimum absolute atomic E-state index is 0.406. The zero-order chi connectivity index (χ0) is 14.7. The number of esters is 1. The Morgan fingerprint density at radius 1 is 1.45 bits per heavy atom. The lowest BCUT2D eigenvalue weighted by atomic mass is 10.1. The largest absolute Gasteiger partial charge is 0.465 e. The predicted octanol–water partition coefficient (Wildman–Crippen LogP) is 3.06. The number of thiophene rings is 1. The molecule has 1 heterocycles. The molecule has 0 amide bonds. The molecule has 1 aromatic carbocycles. The van der Waals surface area contributed by atoms with Crippen molar-refractivity contribution in [1.82, 2.24) is 0 Å². The molecule has 2 rings (SSSR count). The van der Waals surface area contributed by atoms with Crippen LogP contribution in [-0.2, 0) is 11.3 Å². The summed E-state index contributed by atoms with van der Waals surface area (Å²) in [5.74, 6) is -0.406. The number of benzene rings is 1. The second-order valence-electron chi connectivity index (χ2n) is 4.70. The van der Waals surface area contributed by atoms with Gasteiger partial charge in [0.25, 0.3) is 0 Å². The molecule has 0 bridgehead atoms. The number of rotatable bonds is 4. The van der Waals surface area contributed by atoms with Crippen LogP contribution in [0, 0.1) is 6.92 Å². The van der Waals surface area contributed by atoms with Gasteiger partial charge in [0.15, 0.2) is 0 Å². The Kier molecular flexibility index (Phi) is 4.29. The van der Waals surface area contributed by atoms with Gasteiger partial charge >= 0.3 is 5.97 Å². The summed E-state index contributed by atoms with van der Waals surface area (Å²) in [6, 6.07) is 5.85. The topological polar surface area (TPSA) is 55.6 Å². The lowest BCUT2D eigenvalue weighted by Crippen LogP contribution is -2.17. The molecule has 5 heteroatoms. The number of ether oxygens (including phenoxy) is 1. The molecule has 0 aliphatic carbocycles. The van der Waals surface area contributed by atoms with Gasteiger partial charge in [0.05, 0.1) is 12.7 Å². The maximum absolute atomic E-state index is 11.8. The monoisotopic (exact) mass is 290 g/mol. The highest BCUT2D eigenvalue weighted by Gasteiger charge is 2.15. The predicted molar refractivity (Wildman–Crippen MR) is 83.4 cm³/mol. The van der Waals surface area contributed by atoms with Gasteiger partial charge in [-0.15, -0.1) is 0 Å². The van der Waals surface area contributed by atoms with E-state index in [4.69, 9.17) is 10.5 Å². The maximum atomic E-state index is 11.8. The van der Waals surface area contributed by atoms with E-state index in [1.807, 2.05) is 20.0 Å². The molecule has 0 fully saturated rings. The van der Waals surface area contributed by atoms with Crippen LogP contribution in [0.1, 0.15) is 21.5 Å². The second kappa shape index (κ2) is 5.96. The first-order valence-corrected chi connectivity index (χ1v) is 7.18. The van der Waals surface area contributed by atoms with Crippen molar-refractivity contribution in [3.63, 3.8) is 0 Å². The second-order valence-corrected chi connectivity index (χ2v) is 5.48. The summed E-state index contributed by atoms with van der Waals surface area (Å²) >= 11 is 1.67. The fourth-order valence-corrected chi connectivity index (χ4v) is 2.69. The van der Waals surface area contributed by atoms with E-state index in [0.717, 1.165) is 17.8 Å². The van der Waals surface area contributed by atoms with Crippen LogP contribution in [-0.4, -0.2) is 20.1 Å². The van der Waals surface area contributed by atoms with E-state index in [-0.39, 0.29) is 0 Å². The zero-order valence-electron chi connectivity index (χ0n) is 11.8. The highest BCUT2D eigenvalue weighted by molar-refractivity contribution is 7.07. The van der Waals surface area contributed by atoms with Gasteiger partial charge < -0.3 is 15.4 Å². The summed E-state index contributed by atoms with van der Waals surface area (Å²) in [7, 11) is 3.35. The average Bonchev–Trinajstić information content (AvgIpc) is 2.93. The van der Waals surface area contributed by atoms with Crippen LogP contribution in [0.3, 0.4) is 0 Å². The van der Waals surface area contributed by atoms with Crippen molar-refractivity contribution in [2.45, 2.75) is 13.5 Å². The Hall–Kier alpha value is -2.01. The van der Waals surface area contributed by atoms with Crippen LogP contribution < -0.4 is 10.6 Å². The Morgan fingerprint density at radius 2 is 2.20 bits per heavy atom. The summed E-state index contributed by atoms with van der Waals surface area (Å²) in [6.45, 7) is 2.68. The molecule has 0 saturated heterocycles. The van der Waals surface area contributed by atoms with E-state index in [1.54, 1.807) is 17.4 Å². The first-order chi connectivity index (χ1) is 9.52. The van der Waals surface area contributed by atoms with E-state index in [9.17, 15) is 4.79 Å². The van der Waals surface area contributed by atoms with Gasteiger partial charge in [0.2, 0.25) is 0 Å². The molecule has 1 aromatic heterocycles. The first kappa shape index (κ1) is 14.4. The van der Waals surface area contributed by atoms with E-state index in [1.165, 1.54) is 12.7 Å². The number of hydrogen-bond acceptors (Lipinski definition) is 5. The SMILES string of the molecule is COC(=O)c1cc(N(C)Cc2ccsc2)cc(C)c1N. The lowest BCUT2D eigenvalue weighted by Gasteiger charge is -2.21.